The Labute approximate surface area is 197 Å². The van der Waals surface area contributed by atoms with E-state index in [4.69, 9.17) is 0 Å². The van der Waals surface area contributed by atoms with Crippen molar-refractivity contribution in [2.75, 3.05) is 11.9 Å². The van der Waals surface area contributed by atoms with E-state index < -0.39 is 6.04 Å². The normalized spacial score (nSPS) is 15.8. The molecule has 1 saturated heterocycles. The quantitative estimate of drug-likeness (QED) is 0.404. The number of hydrogen-bond acceptors (Lipinski definition) is 5. The Hall–Kier alpha value is -3.10. The van der Waals surface area contributed by atoms with Crippen LogP contribution in [0.2, 0.25) is 0 Å². The highest BCUT2D eigenvalue weighted by Gasteiger charge is 2.35. The van der Waals surface area contributed by atoms with Crippen LogP contribution in [0.5, 0.6) is 0 Å². The highest BCUT2D eigenvalue weighted by molar-refractivity contribution is 9.10. The standard InChI is InChI=1S/C24H19BrN4O2S/c25-19-11-9-16(10-12-19)22-27-28-24(32-22)26-21(30)20-6-3-13-29(20)23(31)18-8-7-15-4-1-2-5-17(15)14-18/h1-2,4-5,7-12,14,20H,3,6,13H2,(H,26,28,30). The second kappa shape index (κ2) is 8.80. The van der Waals surface area contributed by atoms with Crippen LogP contribution in [0.15, 0.2) is 71.2 Å². The topological polar surface area (TPSA) is 75.2 Å². The second-order valence-corrected chi connectivity index (χ2v) is 9.52. The van der Waals surface area contributed by atoms with Gasteiger partial charge in [-0.2, -0.15) is 0 Å². The molecule has 32 heavy (non-hydrogen) atoms. The van der Waals surface area contributed by atoms with Crippen molar-refractivity contribution in [3.63, 3.8) is 0 Å². The summed E-state index contributed by atoms with van der Waals surface area (Å²) in [5.41, 5.74) is 1.53. The molecular formula is C24H19BrN4O2S. The molecule has 4 aromatic rings. The number of fused-ring (bicyclic) bond motifs is 1. The molecule has 0 radical (unpaired) electrons. The zero-order valence-corrected chi connectivity index (χ0v) is 19.4. The van der Waals surface area contributed by atoms with E-state index in [0.717, 1.165) is 32.2 Å². The number of nitrogens with one attached hydrogen (secondary N) is 1. The lowest BCUT2D eigenvalue weighted by molar-refractivity contribution is -0.119. The smallest absolute Gasteiger partial charge is 0.254 e. The molecule has 2 amide bonds. The first-order valence-electron chi connectivity index (χ1n) is 10.3. The van der Waals surface area contributed by atoms with Crippen LogP contribution >= 0.6 is 27.3 Å². The first-order chi connectivity index (χ1) is 15.6. The number of aromatic nitrogens is 2. The molecule has 0 spiro atoms. The predicted molar refractivity (Wildman–Crippen MR) is 130 cm³/mol. The van der Waals surface area contributed by atoms with E-state index in [1.165, 1.54) is 11.3 Å². The van der Waals surface area contributed by atoms with Crippen molar-refractivity contribution in [2.24, 2.45) is 0 Å². The van der Waals surface area contributed by atoms with Gasteiger partial charge in [-0.15, -0.1) is 10.2 Å². The van der Waals surface area contributed by atoms with Crippen LogP contribution in [0, 0.1) is 0 Å². The molecule has 0 bridgehead atoms. The molecule has 2 heterocycles. The van der Waals surface area contributed by atoms with Gasteiger partial charge in [-0.05, 0) is 47.9 Å². The van der Waals surface area contributed by atoms with Crippen LogP contribution in [-0.2, 0) is 4.79 Å². The van der Waals surface area contributed by atoms with Gasteiger partial charge in [-0.1, -0.05) is 69.7 Å². The van der Waals surface area contributed by atoms with Crippen molar-refractivity contribution >= 4 is 55.0 Å². The average Bonchev–Trinajstić information content (AvgIpc) is 3.49. The molecule has 8 heteroatoms. The largest absolute Gasteiger partial charge is 0.327 e. The Morgan fingerprint density at radius 3 is 2.59 bits per heavy atom. The number of nitrogens with zero attached hydrogens (tertiary/aromatic N) is 3. The summed E-state index contributed by atoms with van der Waals surface area (Å²) in [5.74, 6) is -0.351. The summed E-state index contributed by atoms with van der Waals surface area (Å²) in [6.07, 6.45) is 1.42. The number of benzene rings is 3. The summed E-state index contributed by atoms with van der Waals surface area (Å²) in [6, 6.07) is 20.8. The Kier molecular flexibility index (Phi) is 5.71. The highest BCUT2D eigenvalue weighted by Crippen LogP contribution is 2.29. The molecule has 160 valence electrons. The lowest BCUT2D eigenvalue weighted by Gasteiger charge is -2.23. The second-order valence-electron chi connectivity index (χ2n) is 7.63. The van der Waals surface area contributed by atoms with Crippen molar-refractivity contribution in [3.05, 3.63) is 76.8 Å². The van der Waals surface area contributed by atoms with Crippen molar-refractivity contribution in [2.45, 2.75) is 18.9 Å². The number of anilines is 1. The third-order valence-electron chi connectivity index (χ3n) is 5.56. The fraction of sp³-hybridized carbons (Fsp3) is 0.167. The summed E-state index contributed by atoms with van der Waals surface area (Å²) in [4.78, 5) is 27.8. The van der Waals surface area contributed by atoms with Crippen molar-refractivity contribution < 1.29 is 9.59 Å². The van der Waals surface area contributed by atoms with Crippen molar-refractivity contribution in [3.8, 4) is 10.6 Å². The minimum atomic E-state index is -0.519. The highest BCUT2D eigenvalue weighted by atomic mass is 79.9. The Bertz CT molecular complexity index is 1300. The fourth-order valence-electron chi connectivity index (χ4n) is 3.94. The number of amides is 2. The Morgan fingerprint density at radius 2 is 1.78 bits per heavy atom. The van der Waals surface area contributed by atoms with E-state index in [9.17, 15) is 9.59 Å². The third kappa shape index (κ3) is 4.16. The third-order valence-corrected chi connectivity index (χ3v) is 6.98. The molecule has 1 aliphatic heterocycles. The molecule has 1 aromatic heterocycles. The molecule has 1 atom stereocenters. The van der Waals surface area contributed by atoms with E-state index in [-0.39, 0.29) is 11.8 Å². The summed E-state index contributed by atoms with van der Waals surface area (Å²) < 4.78 is 0.983. The number of carbonyl (C=O) groups excluding carboxylic acids is 2. The van der Waals surface area contributed by atoms with E-state index in [2.05, 4.69) is 31.4 Å². The van der Waals surface area contributed by atoms with Gasteiger partial charge in [0.15, 0.2) is 0 Å². The van der Waals surface area contributed by atoms with Gasteiger partial charge in [-0.25, -0.2) is 0 Å². The minimum Gasteiger partial charge on any atom is -0.327 e. The van der Waals surface area contributed by atoms with E-state index >= 15 is 0 Å². The van der Waals surface area contributed by atoms with Gasteiger partial charge in [0, 0.05) is 22.1 Å². The van der Waals surface area contributed by atoms with Gasteiger partial charge in [-0.3, -0.25) is 14.9 Å². The molecule has 1 N–H and O–H groups in total. The van der Waals surface area contributed by atoms with Gasteiger partial charge >= 0.3 is 0 Å². The molecule has 3 aromatic carbocycles. The number of hydrogen-bond donors (Lipinski definition) is 1. The average molecular weight is 507 g/mol. The molecule has 0 saturated carbocycles. The maximum Gasteiger partial charge on any atom is 0.254 e. The first kappa shape index (κ1) is 20.8. The van der Waals surface area contributed by atoms with Crippen molar-refractivity contribution in [1.29, 1.82) is 0 Å². The van der Waals surface area contributed by atoms with Crippen LogP contribution in [0.1, 0.15) is 23.2 Å². The zero-order valence-electron chi connectivity index (χ0n) is 17.0. The van der Waals surface area contributed by atoms with Gasteiger partial charge in [0.2, 0.25) is 11.0 Å². The van der Waals surface area contributed by atoms with E-state index in [1.807, 2.05) is 66.7 Å². The maximum absolute atomic E-state index is 13.2. The van der Waals surface area contributed by atoms with E-state index in [1.54, 1.807) is 4.90 Å². The van der Waals surface area contributed by atoms with Gasteiger partial charge < -0.3 is 4.90 Å². The molecule has 1 fully saturated rings. The van der Waals surface area contributed by atoms with Gasteiger partial charge in [0.25, 0.3) is 5.91 Å². The SMILES string of the molecule is O=C(Nc1nnc(-c2ccc(Br)cc2)s1)C1CCCN1C(=O)c1ccc2ccccc2c1. The molecule has 5 rings (SSSR count). The van der Waals surface area contributed by atoms with Crippen LogP contribution in [0.3, 0.4) is 0 Å². The first-order valence-corrected chi connectivity index (χ1v) is 11.9. The fourth-order valence-corrected chi connectivity index (χ4v) is 4.96. The number of halogens is 1. The molecule has 6 nitrogen and oxygen atoms in total. The Morgan fingerprint density at radius 1 is 1.00 bits per heavy atom. The van der Waals surface area contributed by atoms with Crippen LogP contribution in [0.4, 0.5) is 5.13 Å². The zero-order chi connectivity index (χ0) is 22.1. The van der Waals surface area contributed by atoms with Gasteiger partial charge in [0.05, 0.1) is 0 Å². The number of likely N-dealkylation sites (tertiary alicyclic amines) is 1. The van der Waals surface area contributed by atoms with Crippen molar-refractivity contribution in [1.82, 2.24) is 15.1 Å². The Balaban J connectivity index is 1.31. The van der Waals surface area contributed by atoms with Gasteiger partial charge in [0.1, 0.15) is 11.0 Å². The lowest BCUT2D eigenvalue weighted by Crippen LogP contribution is -2.43. The molecule has 1 unspecified atom stereocenters. The number of carbonyl (C=O) groups is 2. The summed E-state index contributed by atoms with van der Waals surface area (Å²) in [6.45, 7) is 0.560. The molecule has 0 aliphatic carbocycles. The predicted octanol–water partition coefficient (Wildman–Crippen LogP) is 5.36. The van der Waals surface area contributed by atoms with Crippen LogP contribution in [-0.4, -0.2) is 39.5 Å². The van der Waals surface area contributed by atoms with Crippen LogP contribution < -0.4 is 5.32 Å². The van der Waals surface area contributed by atoms with Crippen LogP contribution in [0.25, 0.3) is 21.3 Å². The summed E-state index contributed by atoms with van der Waals surface area (Å²) in [5, 5.41) is 14.4. The molecular weight excluding hydrogens is 488 g/mol. The maximum atomic E-state index is 13.2. The summed E-state index contributed by atoms with van der Waals surface area (Å²) >= 11 is 4.73. The minimum absolute atomic E-state index is 0.124. The summed E-state index contributed by atoms with van der Waals surface area (Å²) in [7, 11) is 0. The van der Waals surface area contributed by atoms with E-state index in [0.29, 0.717) is 23.7 Å². The number of rotatable bonds is 4. The molecule has 1 aliphatic rings. The monoisotopic (exact) mass is 506 g/mol. The lowest BCUT2D eigenvalue weighted by atomic mass is 10.1.